The molecule has 2 aromatic rings. The van der Waals surface area contributed by atoms with Crippen molar-refractivity contribution in [2.24, 2.45) is 0 Å². The van der Waals surface area contributed by atoms with E-state index >= 15 is 0 Å². The lowest BCUT2D eigenvalue weighted by molar-refractivity contribution is -0.128. The van der Waals surface area contributed by atoms with E-state index in [2.05, 4.69) is 23.5 Å². The average Bonchev–Trinajstić information content (AvgIpc) is 3.13. The van der Waals surface area contributed by atoms with E-state index in [0.717, 1.165) is 30.2 Å². The fourth-order valence-electron chi connectivity index (χ4n) is 4.06. The van der Waals surface area contributed by atoms with E-state index in [4.69, 9.17) is 4.74 Å². The van der Waals surface area contributed by atoms with E-state index < -0.39 is 16.1 Å². The van der Waals surface area contributed by atoms with Gasteiger partial charge in [0.1, 0.15) is 5.75 Å². The second-order valence-corrected chi connectivity index (χ2v) is 9.89. The standard InChI is InChI=1S/C22H26N2O4S/c1-14-7-10-19-20(11-14)28-21(13-24(19)29(3,26)27)22(25)23-15(2)17-9-8-16-5-4-6-18(16)12-17/h7-12,15,21H,4-6,13H2,1-3H3,(H,23,25)/t15-,21+/m1/s1. The van der Waals surface area contributed by atoms with Crippen molar-refractivity contribution in [3.05, 3.63) is 58.7 Å². The zero-order valence-electron chi connectivity index (χ0n) is 16.9. The number of rotatable bonds is 4. The minimum absolute atomic E-state index is 0.0440. The van der Waals surface area contributed by atoms with E-state index in [0.29, 0.717) is 11.4 Å². The zero-order valence-corrected chi connectivity index (χ0v) is 17.8. The molecule has 1 aliphatic carbocycles. The van der Waals surface area contributed by atoms with Gasteiger partial charge in [0.2, 0.25) is 10.0 Å². The van der Waals surface area contributed by atoms with Gasteiger partial charge < -0.3 is 10.1 Å². The average molecular weight is 415 g/mol. The number of benzene rings is 2. The fraction of sp³-hybridized carbons (Fsp3) is 0.409. The molecular weight excluding hydrogens is 388 g/mol. The smallest absolute Gasteiger partial charge is 0.263 e. The predicted octanol–water partition coefficient (Wildman–Crippen LogP) is 2.89. The summed E-state index contributed by atoms with van der Waals surface area (Å²) in [6, 6.07) is 11.5. The highest BCUT2D eigenvalue weighted by Crippen LogP contribution is 2.36. The van der Waals surface area contributed by atoms with Crippen molar-refractivity contribution in [3.63, 3.8) is 0 Å². The molecule has 0 saturated heterocycles. The molecule has 1 N–H and O–H groups in total. The Morgan fingerprint density at radius 2 is 1.93 bits per heavy atom. The topological polar surface area (TPSA) is 75.7 Å². The van der Waals surface area contributed by atoms with Crippen LogP contribution in [-0.2, 0) is 27.7 Å². The van der Waals surface area contributed by atoms with Gasteiger partial charge in [0.25, 0.3) is 5.91 Å². The Morgan fingerprint density at radius 3 is 2.69 bits per heavy atom. The van der Waals surface area contributed by atoms with E-state index in [9.17, 15) is 13.2 Å². The summed E-state index contributed by atoms with van der Waals surface area (Å²) in [7, 11) is -3.53. The van der Waals surface area contributed by atoms with E-state index in [-0.39, 0.29) is 18.5 Å². The van der Waals surface area contributed by atoms with Crippen molar-refractivity contribution < 1.29 is 17.9 Å². The van der Waals surface area contributed by atoms with Crippen molar-refractivity contribution in [1.29, 1.82) is 0 Å². The lowest BCUT2D eigenvalue weighted by Gasteiger charge is -2.34. The summed E-state index contributed by atoms with van der Waals surface area (Å²) in [5, 5.41) is 2.99. The van der Waals surface area contributed by atoms with Crippen LogP contribution in [0.5, 0.6) is 5.75 Å². The first-order chi connectivity index (χ1) is 13.7. The molecule has 0 aromatic heterocycles. The van der Waals surface area contributed by atoms with E-state index in [1.54, 1.807) is 12.1 Å². The summed E-state index contributed by atoms with van der Waals surface area (Å²) in [6.07, 6.45) is 3.61. The number of carbonyl (C=O) groups excluding carboxylic acids is 1. The number of aryl methyl sites for hydroxylation is 3. The molecule has 1 aliphatic heterocycles. The lowest BCUT2D eigenvalue weighted by Crippen LogP contribution is -2.50. The summed E-state index contributed by atoms with van der Waals surface area (Å²) in [5.74, 6) is 0.0887. The van der Waals surface area contributed by atoms with Crippen LogP contribution in [0, 0.1) is 6.92 Å². The van der Waals surface area contributed by atoms with Crippen LogP contribution in [0.15, 0.2) is 36.4 Å². The highest BCUT2D eigenvalue weighted by Gasteiger charge is 2.35. The number of nitrogens with zero attached hydrogens (tertiary/aromatic N) is 1. The van der Waals surface area contributed by atoms with Crippen LogP contribution >= 0.6 is 0 Å². The number of amides is 1. The second kappa shape index (κ2) is 7.37. The number of fused-ring (bicyclic) bond motifs is 2. The molecule has 1 heterocycles. The van der Waals surface area contributed by atoms with Crippen molar-refractivity contribution in [2.45, 2.75) is 45.3 Å². The zero-order chi connectivity index (χ0) is 20.8. The second-order valence-electron chi connectivity index (χ2n) is 7.98. The van der Waals surface area contributed by atoms with Crippen LogP contribution in [0.1, 0.15) is 41.6 Å². The Balaban J connectivity index is 1.54. The van der Waals surface area contributed by atoms with E-state index in [1.807, 2.05) is 19.9 Å². The Morgan fingerprint density at radius 1 is 1.17 bits per heavy atom. The van der Waals surface area contributed by atoms with Crippen molar-refractivity contribution >= 4 is 21.6 Å². The number of hydrogen-bond acceptors (Lipinski definition) is 4. The van der Waals surface area contributed by atoms with Crippen molar-refractivity contribution in [3.8, 4) is 5.75 Å². The summed E-state index contributed by atoms with van der Waals surface area (Å²) >= 11 is 0. The Bertz CT molecular complexity index is 1060. The Labute approximate surface area is 171 Å². The van der Waals surface area contributed by atoms with Gasteiger partial charge in [0, 0.05) is 0 Å². The molecule has 7 heteroatoms. The number of ether oxygens (including phenoxy) is 1. The molecule has 0 unspecified atom stereocenters. The highest BCUT2D eigenvalue weighted by molar-refractivity contribution is 7.92. The third-order valence-electron chi connectivity index (χ3n) is 5.66. The van der Waals surface area contributed by atoms with Crippen molar-refractivity contribution in [1.82, 2.24) is 5.32 Å². The van der Waals surface area contributed by atoms with Crippen LogP contribution in [0.4, 0.5) is 5.69 Å². The summed E-state index contributed by atoms with van der Waals surface area (Å²) in [6.45, 7) is 3.79. The number of anilines is 1. The molecule has 0 spiro atoms. The molecule has 29 heavy (non-hydrogen) atoms. The number of hydrogen-bond donors (Lipinski definition) is 1. The van der Waals surface area contributed by atoms with Gasteiger partial charge in [-0.25, -0.2) is 8.42 Å². The fourth-order valence-corrected chi connectivity index (χ4v) is 4.98. The van der Waals surface area contributed by atoms with Crippen molar-refractivity contribution in [2.75, 3.05) is 17.1 Å². The van der Waals surface area contributed by atoms with Gasteiger partial charge in [0.15, 0.2) is 6.10 Å². The van der Waals surface area contributed by atoms with Gasteiger partial charge in [-0.15, -0.1) is 0 Å². The van der Waals surface area contributed by atoms with Crippen LogP contribution in [-0.4, -0.2) is 33.2 Å². The molecule has 0 saturated carbocycles. The van der Waals surface area contributed by atoms with Gasteiger partial charge in [-0.3, -0.25) is 9.10 Å². The highest BCUT2D eigenvalue weighted by atomic mass is 32.2. The normalized spacial score (nSPS) is 19.1. The third kappa shape index (κ3) is 3.96. The van der Waals surface area contributed by atoms with Gasteiger partial charge in [-0.1, -0.05) is 24.3 Å². The molecular formula is C22H26N2O4S. The quantitative estimate of drug-likeness (QED) is 0.835. The first-order valence-corrected chi connectivity index (χ1v) is 11.7. The maximum atomic E-state index is 12.9. The minimum Gasteiger partial charge on any atom is -0.476 e. The molecule has 6 nitrogen and oxygen atoms in total. The van der Waals surface area contributed by atoms with Crippen LogP contribution in [0.25, 0.3) is 0 Å². The molecule has 2 aromatic carbocycles. The Kier molecular flexibility index (Phi) is 5.02. The monoisotopic (exact) mass is 414 g/mol. The molecule has 2 aliphatic rings. The first kappa shape index (κ1) is 19.8. The van der Waals surface area contributed by atoms with Gasteiger partial charge in [0.05, 0.1) is 24.5 Å². The molecule has 1 amide bonds. The number of sulfonamides is 1. The third-order valence-corrected chi connectivity index (χ3v) is 6.81. The molecule has 154 valence electrons. The van der Waals surface area contributed by atoms with Crippen LogP contribution in [0.3, 0.4) is 0 Å². The van der Waals surface area contributed by atoms with Gasteiger partial charge >= 0.3 is 0 Å². The minimum atomic E-state index is -3.53. The summed E-state index contributed by atoms with van der Waals surface area (Å²) < 4.78 is 31.7. The summed E-state index contributed by atoms with van der Waals surface area (Å²) in [5.41, 5.74) is 5.19. The largest absolute Gasteiger partial charge is 0.476 e. The lowest BCUT2D eigenvalue weighted by atomic mass is 10.0. The predicted molar refractivity (Wildman–Crippen MR) is 113 cm³/mol. The molecule has 4 rings (SSSR count). The van der Waals surface area contributed by atoms with Crippen LogP contribution in [0.2, 0.25) is 0 Å². The Hall–Kier alpha value is -2.54. The van der Waals surface area contributed by atoms with Gasteiger partial charge in [-0.05, 0) is 67.5 Å². The number of carbonyl (C=O) groups is 1. The van der Waals surface area contributed by atoms with E-state index in [1.165, 1.54) is 21.9 Å². The van der Waals surface area contributed by atoms with Gasteiger partial charge in [-0.2, -0.15) is 0 Å². The number of nitrogens with one attached hydrogen (secondary N) is 1. The SMILES string of the molecule is Cc1ccc2c(c1)O[C@H](C(=O)N[C@H](C)c1ccc3c(c1)CCC3)CN2S(C)(=O)=O. The molecule has 0 radical (unpaired) electrons. The molecule has 0 fully saturated rings. The molecule has 2 atom stereocenters. The van der Waals surface area contributed by atoms with Crippen LogP contribution < -0.4 is 14.4 Å². The summed E-state index contributed by atoms with van der Waals surface area (Å²) in [4.78, 5) is 12.9. The molecule has 0 bridgehead atoms. The first-order valence-electron chi connectivity index (χ1n) is 9.89. The maximum absolute atomic E-state index is 12.9. The maximum Gasteiger partial charge on any atom is 0.263 e.